The molecule has 0 spiro atoms. The van der Waals surface area contributed by atoms with Gasteiger partial charge in [0.2, 0.25) is 0 Å². The van der Waals surface area contributed by atoms with Gasteiger partial charge in [-0.3, -0.25) is 4.98 Å². The van der Waals surface area contributed by atoms with Gasteiger partial charge in [0.25, 0.3) is 0 Å². The summed E-state index contributed by atoms with van der Waals surface area (Å²) in [6.07, 6.45) is 10.1. The Labute approximate surface area is 161 Å². The monoisotopic (exact) mass is 363 g/mol. The molecule has 0 radical (unpaired) electrons. The van der Waals surface area contributed by atoms with Crippen LogP contribution in [0, 0.1) is 23.2 Å². The quantitative estimate of drug-likeness (QED) is 0.827. The summed E-state index contributed by atoms with van der Waals surface area (Å²) < 4.78 is 0. The smallest absolute Gasteiger partial charge is 0.115 e. The second-order valence-electron chi connectivity index (χ2n) is 9.34. The van der Waals surface area contributed by atoms with Crippen molar-refractivity contribution in [3.05, 3.63) is 59.4 Å². The van der Waals surface area contributed by atoms with Crippen LogP contribution in [0.1, 0.15) is 55.2 Å². The van der Waals surface area contributed by atoms with Gasteiger partial charge in [0.05, 0.1) is 6.10 Å². The number of aryl methyl sites for hydroxylation is 1. The fourth-order valence-electron chi connectivity index (χ4n) is 6.74. The number of aliphatic hydroxyl groups is 1. The molecule has 0 saturated heterocycles. The lowest BCUT2D eigenvalue weighted by Gasteiger charge is -2.50. The highest BCUT2D eigenvalue weighted by atomic mass is 16.3. The molecule has 1 aromatic heterocycles. The number of aliphatic hydroxyl groups excluding tert-OH is 1. The maximum absolute atomic E-state index is 11.3. The minimum absolute atomic E-state index is 0.0489. The SMILES string of the molecule is C[C@]12CCC3c4ccc(O)cc4CCC3C1CC(Cc1ccncc1)[C@@H]2O. The molecular weight excluding hydrogens is 334 g/mol. The van der Waals surface area contributed by atoms with E-state index in [0.717, 1.165) is 32.1 Å². The molecule has 0 bridgehead atoms. The summed E-state index contributed by atoms with van der Waals surface area (Å²) in [4.78, 5) is 4.13. The first-order valence-electron chi connectivity index (χ1n) is 10.4. The van der Waals surface area contributed by atoms with E-state index < -0.39 is 0 Å². The largest absolute Gasteiger partial charge is 0.508 e. The number of pyridine rings is 1. The van der Waals surface area contributed by atoms with Gasteiger partial charge in [-0.1, -0.05) is 13.0 Å². The molecule has 0 aliphatic heterocycles. The van der Waals surface area contributed by atoms with Crippen LogP contribution in [-0.2, 0) is 12.8 Å². The molecule has 27 heavy (non-hydrogen) atoms. The topological polar surface area (TPSA) is 53.4 Å². The van der Waals surface area contributed by atoms with Crippen LogP contribution in [0.5, 0.6) is 5.75 Å². The van der Waals surface area contributed by atoms with Crippen molar-refractivity contribution >= 4 is 0 Å². The Morgan fingerprint density at radius 2 is 1.96 bits per heavy atom. The van der Waals surface area contributed by atoms with Crippen molar-refractivity contribution in [1.29, 1.82) is 0 Å². The number of hydrogen-bond donors (Lipinski definition) is 2. The van der Waals surface area contributed by atoms with Gasteiger partial charge in [-0.25, -0.2) is 0 Å². The fourth-order valence-corrected chi connectivity index (χ4v) is 6.74. The van der Waals surface area contributed by atoms with Gasteiger partial charge in [0.1, 0.15) is 5.75 Å². The van der Waals surface area contributed by atoms with E-state index in [1.54, 1.807) is 0 Å². The first-order valence-corrected chi connectivity index (χ1v) is 10.4. The number of rotatable bonds is 2. The molecule has 142 valence electrons. The highest BCUT2D eigenvalue weighted by Crippen LogP contribution is 2.62. The lowest BCUT2D eigenvalue weighted by Crippen LogP contribution is -2.44. The first-order chi connectivity index (χ1) is 13.1. The van der Waals surface area contributed by atoms with Gasteiger partial charge in [0, 0.05) is 12.4 Å². The van der Waals surface area contributed by atoms with Crippen molar-refractivity contribution in [3.8, 4) is 5.75 Å². The Balaban J connectivity index is 1.42. The molecular formula is C24H29NO2. The van der Waals surface area contributed by atoms with E-state index in [2.05, 4.69) is 30.1 Å². The number of aromatic hydroxyl groups is 1. The van der Waals surface area contributed by atoms with E-state index in [1.807, 2.05) is 24.5 Å². The van der Waals surface area contributed by atoms with Crippen LogP contribution < -0.4 is 0 Å². The Morgan fingerprint density at radius 3 is 2.78 bits per heavy atom. The van der Waals surface area contributed by atoms with Gasteiger partial charge >= 0.3 is 0 Å². The molecule has 2 fully saturated rings. The molecule has 3 aliphatic carbocycles. The minimum atomic E-state index is -0.210. The van der Waals surface area contributed by atoms with Crippen LogP contribution in [0.2, 0.25) is 0 Å². The number of benzene rings is 1. The molecule has 3 nitrogen and oxygen atoms in total. The summed E-state index contributed by atoms with van der Waals surface area (Å²) in [5.74, 6) is 2.60. The number of phenols is 1. The number of nitrogens with zero attached hydrogens (tertiary/aromatic N) is 1. The van der Waals surface area contributed by atoms with Crippen molar-refractivity contribution in [2.45, 2.75) is 57.5 Å². The van der Waals surface area contributed by atoms with E-state index in [-0.39, 0.29) is 11.5 Å². The second-order valence-corrected chi connectivity index (χ2v) is 9.34. The maximum atomic E-state index is 11.3. The maximum Gasteiger partial charge on any atom is 0.115 e. The predicted octanol–water partition coefficient (Wildman–Crippen LogP) is 4.47. The third-order valence-electron chi connectivity index (χ3n) is 8.07. The zero-order valence-electron chi connectivity index (χ0n) is 16.0. The van der Waals surface area contributed by atoms with E-state index in [0.29, 0.717) is 29.4 Å². The summed E-state index contributed by atoms with van der Waals surface area (Å²) >= 11 is 0. The molecule has 2 saturated carbocycles. The van der Waals surface area contributed by atoms with Crippen molar-refractivity contribution in [3.63, 3.8) is 0 Å². The second kappa shape index (κ2) is 6.34. The van der Waals surface area contributed by atoms with Crippen LogP contribution in [0.15, 0.2) is 42.7 Å². The Kier molecular flexibility index (Phi) is 4.05. The van der Waals surface area contributed by atoms with Crippen LogP contribution in [0.4, 0.5) is 0 Å². The zero-order chi connectivity index (χ0) is 18.6. The lowest BCUT2D eigenvalue weighted by molar-refractivity contribution is -0.0325. The van der Waals surface area contributed by atoms with Crippen LogP contribution >= 0.6 is 0 Å². The highest BCUT2D eigenvalue weighted by molar-refractivity contribution is 5.40. The summed E-state index contributed by atoms with van der Waals surface area (Å²) in [5, 5.41) is 21.1. The Morgan fingerprint density at radius 1 is 1.15 bits per heavy atom. The fraction of sp³-hybridized carbons (Fsp3) is 0.542. The van der Waals surface area contributed by atoms with Crippen LogP contribution in [0.3, 0.4) is 0 Å². The van der Waals surface area contributed by atoms with Crippen LogP contribution in [-0.4, -0.2) is 21.3 Å². The van der Waals surface area contributed by atoms with Gasteiger partial charge in [-0.05, 0) is 109 Å². The predicted molar refractivity (Wildman–Crippen MR) is 106 cm³/mol. The first kappa shape index (κ1) is 17.2. The van der Waals surface area contributed by atoms with Crippen molar-refractivity contribution in [1.82, 2.24) is 4.98 Å². The number of fused-ring (bicyclic) bond motifs is 5. The standard InChI is InChI=1S/C24H29NO2/c1-24-9-6-20-19-5-3-18(26)13-16(19)2-4-21(20)22(24)14-17(23(24)27)12-15-7-10-25-11-8-15/h3,5,7-8,10-11,13,17,20-23,26-27H,2,4,6,9,12,14H2,1H3/t17?,20?,21?,22?,23-,24-/m0/s1. The number of phenolic OH excluding ortho intramolecular Hbond substituents is 1. The van der Waals surface area contributed by atoms with Crippen molar-refractivity contribution in [2.75, 3.05) is 0 Å². The van der Waals surface area contributed by atoms with E-state index in [4.69, 9.17) is 0 Å². The number of aromatic nitrogens is 1. The summed E-state index contributed by atoms with van der Waals surface area (Å²) in [7, 11) is 0. The average Bonchev–Trinajstić information content (AvgIpc) is 2.93. The van der Waals surface area contributed by atoms with E-state index in [9.17, 15) is 10.2 Å². The van der Waals surface area contributed by atoms with Gasteiger partial charge in [-0.2, -0.15) is 0 Å². The number of hydrogen-bond acceptors (Lipinski definition) is 3. The third kappa shape index (κ3) is 2.70. The molecule has 4 unspecified atom stereocenters. The summed E-state index contributed by atoms with van der Waals surface area (Å²) in [6, 6.07) is 10.1. The normalized spacial score (nSPS) is 37.3. The molecule has 3 heteroatoms. The molecule has 1 heterocycles. The van der Waals surface area contributed by atoms with Crippen LogP contribution in [0.25, 0.3) is 0 Å². The summed E-state index contributed by atoms with van der Waals surface area (Å²) in [6.45, 7) is 2.34. The summed E-state index contributed by atoms with van der Waals surface area (Å²) in [5.41, 5.74) is 4.13. The molecule has 2 N–H and O–H groups in total. The van der Waals surface area contributed by atoms with Crippen molar-refractivity contribution < 1.29 is 10.2 Å². The zero-order valence-corrected chi connectivity index (χ0v) is 16.0. The molecule has 3 aliphatic rings. The molecule has 0 amide bonds. The van der Waals surface area contributed by atoms with Gasteiger partial charge < -0.3 is 10.2 Å². The van der Waals surface area contributed by atoms with Crippen molar-refractivity contribution in [2.24, 2.45) is 23.2 Å². The van der Waals surface area contributed by atoms with Gasteiger partial charge in [0.15, 0.2) is 0 Å². The lowest BCUT2D eigenvalue weighted by atomic mass is 9.55. The average molecular weight is 364 g/mol. The molecule has 1 aromatic carbocycles. The molecule has 5 rings (SSSR count). The van der Waals surface area contributed by atoms with Gasteiger partial charge in [-0.15, -0.1) is 0 Å². The molecule has 6 atom stereocenters. The highest BCUT2D eigenvalue weighted by Gasteiger charge is 2.57. The van der Waals surface area contributed by atoms with E-state index in [1.165, 1.54) is 23.1 Å². The third-order valence-corrected chi connectivity index (χ3v) is 8.07. The van der Waals surface area contributed by atoms with E-state index >= 15 is 0 Å². The molecule has 2 aromatic rings. The Hall–Kier alpha value is -1.87. The Bertz CT molecular complexity index is 836. The minimum Gasteiger partial charge on any atom is -0.508 e.